The van der Waals surface area contributed by atoms with E-state index in [1.54, 1.807) is 4.68 Å². The largest absolute Gasteiger partial charge is 0.478 e. The zero-order valence-electron chi connectivity index (χ0n) is 10.2. The van der Waals surface area contributed by atoms with E-state index in [4.69, 9.17) is 11.6 Å². The van der Waals surface area contributed by atoms with Crippen molar-refractivity contribution in [2.45, 2.75) is 25.3 Å². The van der Waals surface area contributed by atoms with Gasteiger partial charge in [-0.15, -0.1) is 0 Å². The van der Waals surface area contributed by atoms with Gasteiger partial charge in [0.1, 0.15) is 5.56 Å². The van der Waals surface area contributed by atoms with Gasteiger partial charge in [0.25, 0.3) is 0 Å². The predicted molar refractivity (Wildman–Crippen MR) is 71.7 cm³/mol. The van der Waals surface area contributed by atoms with Crippen LogP contribution in [-0.4, -0.2) is 20.9 Å². The molecule has 0 bridgehead atoms. The van der Waals surface area contributed by atoms with Gasteiger partial charge in [-0.3, -0.25) is 4.68 Å². The first-order valence-electron chi connectivity index (χ1n) is 6.18. The smallest absolute Gasteiger partial charge is 0.339 e. The number of hydrogen-bond donors (Lipinski definition) is 1. The SMILES string of the molecule is O=C(O)c1cnn(Cc2cccc(Cl)c2)c1C1CC1. The highest BCUT2D eigenvalue weighted by molar-refractivity contribution is 6.30. The fourth-order valence-electron chi connectivity index (χ4n) is 2.28. The lowest BCUT2D eigenvalue weighted by molar-refractivity contribution is 0.0695. The van der Waals surface area contributed by atoms with E-state index in [0.717, 1.165) is 24.1 Å². The molecule has 0 spiro atoms. The monoisotopic (exact) mass is 276 g/mol. The Bertz CT molecular complexity index is 632. The summed E-state index contributed by atoms with van der Waals surface area (Å²) in [6.07, 6.45) is 3.53. The highest BCUT2D eigenvalue weighted by atomic mass is 35.5. The summed E-state index contributed by atoms with van der Waals surface area (Å²) < 4.78 is 1.78. The van der Waals surface area contributed by atoms with Crippen LogP contribution in [0.4, 0.5) is 0 Å². The van der Waals surface area contributed by atoms with Crippen LogP contribution in [0.1, 0.15) is 40.4 Å². The Morgan fingerprint density at radius 1 is 1.47 bits per heavy atom. The molecule has 0 saturated heterocycles. The van der Waals surface area contributed by atoms with Crippen molar-refractivity contribution >= 4 is 17.6 Å². The molecule has 19 heavy (non-hydrogen) atoms. The van der Waals surface area contributed by atoms with Gasteiger partial charge in [-0.2, -0.15) is 5.10 Å². The van der Waals surface area contributed by atoms with E-state index in [1.165, 1.54) is 6.20 Å². The summed E-state index contributed by atoms with van der Waals surface area (Å²) in [5.41, 5.74) is 2.19. The maximum Gasteiger partial charge on any atom is 0.339 e. The molecule has 4 nitrogen and oxygen atoms in total. The van der Waals surface area contributed by atoms with E-state index in [9.17, 15) is 9.90 Å². The first kappa shape index (κ1) is 12.2. The van der Waals surface area contributed by atoms with Gasteiger partial charge in [0.15, 0.2) is 0 Å². The lowest BCUT2D eigenvalue weighted by Crippen LogP contribution is -2.08. The van der Waals surface area contributed by atoms with Crippen molar-refractivity contribution in [3.05, 3.63) is 52.3 Å². The van der Waals surface area contributed by atoms with Gasteiger partial charge < -0.3 is 5.11 Å². The van der Waals surface area contributed by atoms with Gasteiger partial charge in [-0.1, -0.05) is 23.7 Å². The van der Waals surface area contributed by atoms with Crippen LogP contribution in [0.3, 0.4) is 0 Å². The second-order valence-corrected chi connectivity index (χ2v) is 5.25. The summed E-state index contributed by atoms with van der Waals surface area (Å²) in [6, 6.07) is 7.54. The summed E-state index contributed by atoms with van der Waals surface area (Å²) in [5.74, 6) is -0.563. The summed E-state index contributed by atoms with van der Waals surface area (Å²) in [5, 5.41) is 14.1. The molecule has 1 N–H and O–H groups in total. The van der Waals surface area contributed by atoms with E-state index in [-0.39, 0.29) is 0 Å². The Balaban J connectivity index is 1.94. The van der Waals surface area contributed by atoms with Gasteiger partial charge in [0, 0.05) is 10.9 Å². The molecule has 1 heterocycles. The lowest BCUT2D eigenvalue weighted by Gasteiger charge is -2.08. The minimum absolute atomic E-state index is 0.324. The molecule has 5 heteroatoms. The minimum Gasteiger partial charge on any atom is -0.478 e. The molecule has 1 aliphatic carbocycles. The van der Waals surface area contributed by atoms with Crippen LogP contribution >= 0.6 is 11.6 Å². The first-order valence-corrected chi connectivity index (χ1v) is 6.56. The number of carbonyl (C=O) groups is 1. The number of halogens is 1. The Morgan fingerprint density at radius 2 is 2.26 bits per heavy atom. The Hall–Kier alpha value is -1.81. The van der Waals surface area contributed by atoms with Crippen LogP contribution in [0.2, 0.25) is 5.02 Å². The normalized spacial score (nSPS) is 14.6. The van der Waals surface area contributed by atoms with Crippen molar-refractivity contribution < 1.29 is 9.90 Å². The van der Waals surface area contributed by atoms with Crippen LogP contribution in [0.25, 0.3) is 0 Å². The second kappa shape index (κ2) is 4.70. The third kappa shape index (κ3) is 2.49. The zero-order valence-corrected chi connectivity index (χ0v) is 11.0. The summed E-state index contributed by atoms with van der Waals surface area (Å²) >= 11 is 5.96. The molecule has 0 unspecified atom stereocenters. The number of nitrogens with zero attached hydrogens (tertiary/aromatic N) is 2. The highest BCUT2D eigenvalue weighted by Gasteiger charge is 2.32. The average molecular weight is 277 g/mol. The molecule has 2 aromatic rings. The fourth-order valence-corrected chi connectivity index (χ4v) is 2.49. The van der Waals surface area contributed by atoms with Crippen LogP contribution in [0, 0.1) is 0 Å². The van der Waals surface area contributed by atoms with Crippen molar-refractivity contribution in [1.82, 2.24) is 9.78 Å². The van der Waals surface area contributed by atoms with Crippen LogP contribution in [0.5, 0.6) is 0 Å². The summed E-state index contributed by atoms with van der Waals surface area (Å²) in [6.45, 7) is 0.555. The minimum atomic E-state index is -0.903. The number of rotatable bonds is 4. The maximum atomic E-state index is 11.2. The van der Waals surface area contributed by atoms with Gasteiger partial charge in [0.05, 0.1) is 18.4 Å². The van der Waals surface area contributed by atoms with Crippen molar-refractivity contribution in [3.8, 4) is 0 Å². The summed E-state index contributed by atoms with van der Waals surface area (Å²) in [4.78, 5) is 11.2. The van der Waals surface area contributed by atoms with Crippen molar-refractivity contribution in [3.63, 3.8) is 0 Å². The van der Waals surface area contributed by atoms with Gasteiger partial charge in [0.2, 0.25) is 0 Å². The van der Waals surface area contributed by atoms with Crippen LogP contribution < -0.4 is 0 Å². The Morgan fingerprint density at radius 3 is 2.89 bits per heavy atom. The molecule has 0 radical (unpaired) electrons. The third-order valence-electron chi connectivity index (χ3n) is 3.30. The van der Waals surface area contributed by atoms with Gasteiger partial charge in [-0.25, -0.2) is 4.79 Å². The molecule has 0 amide bonds. The zero-order chi connectivity index (χ0) is 13.4. The molecule has 3 rings (SSSR count). The third-order valence-corrected chi connectivity index (χ3v) is 3.53. The number of aromatic carboxylic acids is 1. The van der Waals surface area contributed by atoms with Crippen molar-refractivity contribution in [1.29, 1.82) is 0 Å². The van der Waals surface area contributed by atoms with E-state index < -0.39 is 5.97 Å². The number of benzene rings is 1. The van der Waals surface area contributed by atoms with Crippen LogP contribution in [-0.2, 0) is 6.54 Å². The molecule has 0 atom stereocenters. The van der Waals surface area contributed by atoms with Gasteiger partial charge >= 0.3 is 5.97 Å². The Kier molecular flexibility index (Phi) is 3.03. The van der Waals surface area contributed by atoms with Crippen molar-refractivity contribution in [2.75, 3.05) is 0 Å². The second-order valence-electron chi connectivity index (χ2n) is 4.81. The first-order chi connectivity index (χ1) is 9.15. The summed E-state index contributed by atoms with van der Waals surface area (Å²) in [7, 11) is 0. The maximum absolute atomic E-state index is 11.2. The topological polar surface area (TPSA) is 55.1 Å². The number of carboxylic acid groups (broad SMARTS) is 1. The molecular weight excluding hydrogens is 264 g/mol. The molecule has 1 aromatic heterocycles. The molecule has 1 fully saturated rings. The highest BCUT2D eigenvalue weighted by Crippen LogP contribution is 2.41. The molecule has 1 aliphatic rings. The van der Waals surface area contributed by atoms with Crippen molar-refractivity contribution in [2.24, 2.45) is 0 Å². The number of hydrogen-bond acceptors (Lipinski definition) is 2. The average Bonchev–Trinajstić information content (AvgIpc) is 3.11. The fraction of sp³-hybridized carbons (Fsp3) is 0.286. The molecular formula is C14H13ClN2O2. The quantitative estimate of drug-likeness (QED) is 0.933. The standard InChI is InChI=1S/C14H13ClN2O2/c15-11-3-1-2-9(6-11)8-17-13(10-4-5-10)12(7-16-17)14(18)19/h1-3,6-7,10H,4-5,8H2,(H,18,19). The molecule has 1 saturated carbocycles. The number of carboxylic acids is 1. The van der Waals surface area contributed by atoms with E-state index >= 15 is 0 Å². The molecule has 98 valence electrons. The predicted octanol–water partition coefficient (Wildman–Crippen LogP) is 3.16. The Labute approximate surface area is 115 Å². The van der Waals surface area contributed by atoms with E-state index in [0.29, 0.717) is 23.0 Å². The van der Waals surface area contributed by atoms with E-state index in [1.807, 2.05) is 24.3 Å². The van der Waals surface area contributed by atoms with Gasteiger partial charge in [-0.05, 0) is 30.5 Å². The lowest BCUT2D eigenvalue weighted by atomic mass is 10.1. The molecule has 0 aliphatic heterocycles. The number of aromatic nitrogens is 2. The van der Waals surface area contributed by atoms with Crippen LogP contribution in [0.15, 0.2) is 30.5 Å². The van der Waals surface area contributed by atoms with E-state index in [2.05, 4.69) is 5.10 Å². The molecule has 1 aromatic carbocycles.